The monoisotopic (exact) mass is 318 g/mol. The molecular formula is C21H15FO2. The van der Waals surface area contributed by atoms with Gasteiger partial charge >= 0.3 is 0 Å². The van der Waals surface area contributed by atoms with Crippen LogP contribution in [0, 0.1) is 18.2 Å². The van der Waals surface area contributed by atoms with Crippen molar-refractivity contribution in [2.24, 2.45) is 0 Å². The van der Waals surface area contributed by atoms with E-state index in [1.165, 1.54) is 18.2 Å². The molecule has 0 fully saturated rings. The van der Waals surface area contributed by atoms with Crippen LogP contribution < -0.4 is 4.74 Å². The van der Waals surface area contributed by atoms with Crippen LogP contribution in [0.2, 0.25) is 0 Å². The second-order valence-corrected chi connectivity index (χ2v) is 5.28. The third-order valence-electron chi connectivity index (χ3n) is 3.72. The molecule has 3 aromatic rings. The number of rotatable bonds is 4. The fourth-order valence-corrected chi connectivity index (χ4v) is 2.43. The van der Waals surface area contributed by atoms with E-state index in [2.05, 4.69) is 5.92 Å². The first-order valence-electron chi connectivity index (χ1n) is 7.42. The highest BCUT2D eigenvalue weighted by Crippen LogP contribution is 2.33. The van der Waals surface area contributed by atoms with Crippen LogP contribution in [0.15, 0.2) is 78.9 Å². The topological polar surface area (TPSA) is 29.5 Å². The van der Waals surface area contributed by atoms with Crippen LogP contribution >= 0.6 is 0 Å². The molecule has 0 aromatic heterocycles. The fourth-order valence-electron chi connectivity index (χ4n) is 2.43. The van der Waals surface area contributed by atoms with Gasteiger partial charge in [0.25, 0.3) is 0 Å². The van der Waals surface area contributed by atoms with E-state index in [4.69, 9.17) is 11.2 Å². The first-order valence-corrected chi connectivity index (χ1v) is 7.42. The molecule has 3 heteroatoms. The Kier molecular flexibility index (Phi) is 4.33. The fraction of sp³-hybridized carbons (Fsp3) is 0.0476. The molecule has 24 heavy (non-hydrogen) atoms. The molecule has 118 valence electrons. The Labute approximate surface area is 140 Å². The van der Waals surface area contributed by atoms with E-state index in [0.29, 0.717) is 16.9 Å². The van der Waals surface area contributed by atoms with E-state index in [1.807, 2.05) is 12.1 Å². The van der Waals surface area contributed by atoms with Gasteiger partial charge in [0.05, 0.1) is 0 Å². The largest absolute Gasteiger partial charge is 0.454 e. The zero-order valence-electron chi connectivity index (χ0n) is 12.8. The number of aliphatic hydroxyl groups is 1. The zero-order valence-corrected chi connectivity index (χ0v) is 12.8. The molecule has 0 amide bonds. The first kappa shape index (κ1) is 15.8. The Morgan fingerprint density at radius 3 is 2.12 bits per heavy atom. The number of terminal acetylenes is 1. The summed E-state index contributed by atoms with van der Waals surface area (Å²) in [6, 6.07) is 21.8. The van der Waals surface area contributed by atoms with E-state index >= 15 is 0 Å². The average molecular weight is 318 g/mol. The summed E-state index contributed by atoms with van der Waals surface area (Å²) in [4.78, 5) is 0. The molecule has 0 spiro atoms. The van der Waals surface area contributed by atoms with Crippen molar-refractivity contribution in [2.75, 3.05) is 0 Å². The van der Waals surface area contributed by atoms with Crippen LogP contribution in [0.3, 0.4) is 0 Å². The lowest BCUT2D eigenvalue weighted by atomic mass is 9.87. The summed E-state index contributed by atoms with van der Waals surface area (Å²) >= 11 is 0. The SMILES string of the molecule is C#CC(O)(c1ccccc1)c1ccc(F)c(Oc2ccccc2)c1. The van der Waals surface area contributed by atoms with Crippen LogP contribution in [0.1, 0.15) is 11.1 Å². The van der Waals surface area contributed by atoms with Crippen molar-refractivity contribution in [1.29, 1.82) is 0 Å². The highest BCUT2D eigenvalue weighted by Gasteiger charge is 2.30. The lowest BCUT2D eigenvalue weighted by molar-refractivity contribution is 0.145. The molecule has 1 N–H and O–H groups in total. The predicted molar refractivity (Wildman–Crippen MR) is 91.2 cm³/mol. The van der Waals surface area contributed by atoms with Crippen molar-refractivity contribution < 1.29 is 14.2 Å². The van der Waals surface area contributed by atoms with E-state index < -0.39 is 11.4 Å². The van der Waals surface area contributed by atoms with Crippen molar-refractivity contribution in [2.45, 2.75) is 5.60 Å². The average Bonchev–Trinajstić information content (AvgIpc) is 2.64. The van der Waals surface area contributed by atoms with Crippen molar-refractivity contribution in [3.05, 3.63) is 95.8 Å². The number of para-hydroxylation sites is 1. The molecule has 2 nitrogen and oxygen atoms in total. The normalized spacial score (nSPS) is 12.9. The zero-order chi connectivity index (χ0) is 17.0. The highest BCUT2D eigenvalue weighted by molar-refractivity contribution is 5.47. The second-order valence-electron chi connectivity index (χ2n) is 5.28. The Morgan fingerprint density at radius 1 is 0.875 bits per heavy atom. The molecule has 0 aliphatic heterocycles. The molecule has 1 unspecified atom stereocenters. The van der Waals surface area contributed by atoms with Gasteiger partial charge in [-0.2, -0.15) is 0 Å². The molecule has 3 aromatic carbocycles. The number of ether oxygens (including phenoxy) is 1. The van der Waals surface area contributed by atoms with E-state index in [9.17, 15) is 9.50 Å². The van der Waals surface area contributed by atoms with E-state index in [1.54, 1.807) is 48.5 Å². The Morgan fingerprint density at radius 2 is 1.50 bits per heavy atom. The minimum Gasteiger partial charge on any atom is -0.454 e. The van der Waals surface area contributed by atoms with Gasteiger partial charge in [-0.1, -0.05) is 60.5 Å². The quantitative estimate of drug-likeness (QED) is 0.718. The standard InChI is InChI=1S/C21H15FO2/c1-2-21(23,16-9-5-3-6-10-16)17-13-14-19(22)20(15-17)24-18-11-7-4-8-12-18/h1,3-15,23H. The molecule has 0 aliphatic rings. The number of halogens is 1. The van der Waals surface area contributed by atoms with Crippen molar-refractivity contribution in [3.8, 4) is 23.8 Å². The van der Waals surface area contributed by atoms with Crippen molar-refractivity contribution in [3.63, 3.8) is 0 Å². The van der Waals surface area contributed by atoms with Gasteiger partial charge < -0.3 is 9.84 Å². The molecule has 0 aliphatic carbocycles. The summed E-state index contributed by atoms with van der Waals surface area (Å²) < 4.78 is 19.7. The van der Waals surface area contributed by atoms with E-state index in [-0.39, 0.29) is 5.75 Å². The first-order chi connectivity index (χ1) is 11.6. The Balaban J connectivity index is 2.03. The minimum atomic E-state index is -1.66. The number of benzene rings is 3. The summed E-state index contributed by atoms with van der Waals surface area (Å²) in [6.07, 6.45) is 5.58. The van der Waals surface area contributed by atoms with Crippen molar-refractivity contribution in [1.82, 2.24) is 0 Å². The van der Waals surface area contributed by atoms with Gasteiger partial charge in [-0.3, -0.25) is 0 Å². The number of hydrogen-bond acceptors (Lipinski definition) is 2. The highest BCUT2D eigenvalue weighted by atomic mass is 19.1. The van der Waals surface area contributed by atoms with Gasteiger partial charge in [0, 0.05) is 11.1 Å². The summed E-state index contributed by atoms with van der Waals surface area (Å²) in [5.74, 6) is 2.37. The molecule has 0 radical (unpaired) electrons. The van der Waals surface area contributed by atoms with Gasteiger partial charge in [-0.15, -0.1) is 6.42 Å². The van der Waals surface area contributed by atoms with Gasteiger partial charge in [-0.25, -0.2) is 4.39 Å². The third kappa shape index (κ3) is 3.01. The summed E-state index contributed by atoms with van der Waals surface area (Å²) in [5.41, 5.74) is -0.766. The predicted octanol–water partition coefficient (Wildman–Crippen LogP) is 4.49. The van der Waals surface area contributed by atoms with Crippen molar-refractivity contribution >= 4 is 0 Å². The van der Waals surface area contributed by atoms with Gasteiger partial charge in [0.2, 0.25) is 0 Å². The molecule has 3 rings (SSSR count). The lowest BCUT2D eigenvalue weighted by Crippen LogP contribution is -2.25. The second kappa shape index (κ2) is 6.57. The Hall–Kier alpha value is -3.09. The van der Waals surface area contributed by atoms with Crippen LogP contribution in [-0.2, 0) is 5.60 Å². The third-order valence-corrected chi connectivity index (χ3v) is 3.72. The lowest BCUT2D eigenvalue weighted by Gasteiger charge is -2.24. The van der Waals surface area contributed by atoms with Gasteiger partial charge in [-0.05, 0) is 24.3 Å². The minimum absolute atomic E-state index is 0.00306. The molecule has 0 saturated carbocycles. The maximum absolute atomic E-state index is 14.1. The number of hydrogen-bond donors (Lipinski definition) is 1. The molecule has 1 atom stereocenters. The van der Waals surface area contributed by atoms with Gasteiger partial charge in [0.15, 0.2) is 17.2 Å². The molecule has 0 saturated heterocycles. The van der Waals surface area contributed by atoms with Crippen LogP contribution in [0.5, 0.6) is 11.5 Å². The summed E-state index contributed by atoms with van der Waals surface area (Å²) in [6.45, 7) is 0. The molecule has 0 bridgehead atoms. The van der Waals surface area contributed by atoms with Gasteiger partial charge in [0.1, 0.15) is 5.75 Å². The molecular weight excluding hydrogens is 303 g/mol. The van der Waals surface area contributed by atoms with E-state index in [0.717, 1.165) is 0 Å². The Bertz CT molecular complexity index is 869. The smallest absolute Gasteiger partial charge is 0.176 e. The summed E-state index contributed by atoms with van der Waals surface area (Å²) in [5, 5.41) is 10.9. The van der Waals surface area contributed by atoms with Crippen LogP contribution in [0.4, 0.5) is 4.39 Å². The van der Waals surface area contributed by atoms with Crippen LogP contribution in [-0.4, -0.2) is 5.11 Å². The maximum Gasteiger partial charge on any atom is 0.176 e. The molecule has 0 heterocycles. The summed E-state index contributed by atoms with van der Waals surface area (Å²) in [7, 11) is 0. The van der Waals surface area contributed by atoms with Crippen LogP contribution in [0.25, 0.3) is 0 Å². The maximum atomic E-state index is 14.1.